The molecule has 118 valence electrons. The van der Waals surface area contributed by atoms with Gasteiger partial charge >= 0.3 is 19.2 Å². The first-order chi connectivity index (χ1) is 9.79. The second kappa shape index (κ2) is 7.67. The number of carboxylic acid groups (broad SMARTS) is 1. The Morgan fingerprint density at radius 1 is 1.24 bits per heavy atom. The Balaban J connectivity index is 2.88. The van der Waals surface area contributed by atoms with E-state index in [1.807, 2.05) is 0 Å². The predicted molar refractivity (Wildman–Crippen MR) is 63.6 cm³/mol. The third-order valence-electron chi connectivity index (χ3n) is 2.45. The number of benzene rings is 1. The largest absolute Gasteiger partial charge is 0.480 e. The maximum Gasteiger partial charge on any atom is 0.387 e. The van der Waals surface area contributed by atoms with Gasteiger partial charge in [0.25, 0.3) is 0 Å². The topological polar surface area (TPSA) is 67.8 Å². The lowest BCUT2D eigenvalue weighted by Crippen LogP contribution is -2.33. The lowest BCUT2D eigenvalue weighted by Gasteiger charge is -2.15. The van der Waals surface area contributed by atoms with Crippen molar-refractivity contribution in [3.8, 4) is 11.5 Å². The number of carboxylic acids is 1. The van der Waals surface area contributed by atoms with Gasteiger partial charge in [0.2, 0.25) is 0 Å². The highest BCUT2D eigenvalue weighted by molar-refractivity contribution is 5.72. The van der Waals surface area contributed by atoms with E-state index in [9.17, 15) is 22.4 Å². The number of hydrogen-bond donors (Lipinski definition) is 2. The number of nitrogens with one attached hydrogen (secondary N) is 1. The van der Waals surface area contributed by atoms with Crippen molar-refractivity contribution in [2.45, 2.75) is 32.7 Å². The molecule has 1 rings (SSSR count). The summed E-state index contributed by atoms with van der Waals surface area (Å²) in [6.07, 6.45) is 0. The molecule has 1 aromatic rings. The van der Waals surface area contributed by atoms with E-state index < -0.39 is 25.2 Å². The summed E-state index contributed by atoms with van der Waals surface area (Å²) < 4.78 is 57.0. The summed E-state index contributed by atoms with van der Waals surface area (Å²) >= 11 is 0. The number of alkyl halides is 4. The van der Waals surface area contributed by atoms with Crippen LogP contribution in [0.3, 0.4) is 0 Å². The summed E-state index contributed by atoms with van der Waals surface area (Å²) in [7, 11) is 0. The zero-order valence-corrected chi connectivity index (χ0v) is 10.9. The van der Waals surface area contributed by atoms with Crippen molar-refractivity contribution in [2.24, 2.45) is 0 Å². The van der Waals surface area contributed by atoms with E-state index in [1.165, 1.54) is 13.0 Å². The zero-order valence-electron chi connectivity index (χ0n) is 10.9. The molecule has 1 aromatic carbocycles. The van der Waals surface area contributed by atoms with E-state index in [2.05, 4.69) is 14.8 Å². The Morgan fingerprint density at radius 3 is 2.38 bits per heavy atom. The van der Waals surface area contributed by atoms with Crippen LogP contribution in [-0.4, -0.2) is 30.3 Å². The molecule has 1 atom stereocenters. The summed E-state index contributed by atoms with van der Waals surface area (Å²) in [5.74, 6) is -1.83. The van der Waals surface area contributed by atoms with Crippen LogP contribution >= 0.6 is 0 Å². The Labute approximate surface area is 117 Å². The third kappa shape index (κ3) is 5.86. The SMILES string of the molecule is CC(NCc1ccc(OC(F)F)cc1OC(F)F)C(=O)O. The molecule has 0 radical (unpaired) electrons. The highest BCUT2D eigenvalue weighted by atomic mass is 19.3. The van der Waals surface area contributed by atoms with Crippen LogP contribution in [0.15, 0.2) is 18.2 Å². The molecule has 0 bridgehead atoms. The monoisotopic (exact) mass is 311 g/mol. The lowest BCUT2D eigenvalue weighted by molar-refractivity contribution is -0.139. The van der Waals surface area contributed by atoms with Gasteiger partial charge in [-0.1, -0.05) is 6.07 Å². The van der Waals surface area contributed by atoms with Crippen LogP contribution in [0.1, 0.15) is 12.5 Å². The quantitative estimate of drug-likeness (QED) is 0.722. The van der Waals surface area contributed by atoms with E-state index >= 15 is 0 Å². The molecule has 9 heteroatoms. The normalized spacial score (nSPS) is 12.5. The highest BCUT2D eigenvalue weighted by Gasteiger charge is 2.15. The van der Waals surface area contributed by atoms with Crippen LogP contribution in [0.25, 0.3) is 0 Å². The van der Waals surface area contributed by atoms with Gasteiger partial charge in [-0.2, -0.15) is 17.6 Å². The molecule has 0 heterocycles. The summed E-state index contributed by atoms with van der Waals surface area (Å²) in [6.45, 7) is -4.97. The van der Waals surface area contributed by atoms with Gasteiger partial charge in [-0.15, -0.1) is 0 Å². The van der Waals surface area contributed by atoms with Gasteiger partial charge in [-0.05, 0) is 13.0 Å². The highest BCUT2D eigenvalue weighted by Crippen LogP contribution is 2.27. The van der Waals surface area contributed by atoms with Gasteiger partial charge in [0.05, 0.1) is 0 Å². The molecule has 0 saturated carbocycles. The third-order valence-corrected chi connectivity index (χ3v) is 2.45. The molecule has 0 aliphatic heterocycles. The Bertz CT molecular complexity index is 484. The Hall–Kier alpha value is -2.03. The van der Waals surface area contributed by atoms with Gasteiger partial charge < -0.3 is 19.9 Å². The van der Waals surface area contributed by atoms with Crippen molar-refractivity contribution in [3.63, 3.8) is 0 Å². The molecule has 5 nitrogen and oxygen atoms in total. The fourth-order valence-electron chi connectivity index (χ4n) is 1.41. The number of carbonyl (C=O) groups is 1. The van der Waals surface area contributed by atoms with Crippen molar-refractivity contribution in [1.29, 1.82) is 0 Å². The minimum absolute atomic E-state index is 0.0928. The minimum atomic E-state index is -3.15. The second-order valence-electron chi connectivity index (χ2n) is 3.97. The van der Waals surface area contributed by atoms with E-state index in [1.54, 1.807) is 0 Å². The maximum absolute atomic E-state index is 12.3. The molecule has 0 fully saturated rings. The zero-order chi connectivity index (χ0) is 16.0. The Morgan fingerprint density at radius 2 is 1.86 bits per heavy atom. The first-order valence-corrected chi connectivity index (χ1v) is 5.78. The summed E-state index contributed by atoms with van der Waals surface area (Å²) in [6, 6.07) is 2.35. The van der Waals surface area contributed by atoms with Crippen LogP contribution in [0, 0.1) is 0 Å². The Kier molecular flexibility index (Phi) is 6.22. The smallest absolute Gasteiger partial charge is 0.387 e. The van der Waals surface area contributed by atoms with Crippen molar-refractivity contribution < 1.29 is 36.9 Å². The second-order valence-corrected chi connectivity index (χ2v) is 3.97. The summed E-state index contributed by atoms with van der Waals surface area (Å²) in [5.41, 5.74) is 0.185. The molecular weight excluding hydrogens is 298 g/mol. The predicted octanol–water partition coefficient (Wildman–Crippen LogP) is 2.45. The van der Waals surface area contributed by atoms with Crippen molar-refractivity contribution in [1.82, 2.24) is 5.32 Å². The fraction of sp³-hybridized carbons (Fsp3) is 0.417. The first-order valence-electron chi connectivity index (χ1n) is 5.78. The number of aliphatic carboxylic acids is 1. The van der Waals surface area contributed by atoms with Crippen molar-refractivity contribution in [2.75, 3.05) is 0 Å². The molecule has 0 saturated heterocycles. The van der Waals surface area contributed by atoms with E-state index in [4.69, 9.17) is 5.11 Å². The number of rotatable bonds is 8. The van der Waals surface area contributed by atoms with Crippen LogP contribution < -0.4 is 14.8 Å². The molecule has 0 spiro atoms. The van der Waals surface area contributed by atoms with E-state index in [0.717, 1.165) is 12.1 Å². The summed E-state index contributed by atoms with van der Waals surface area (Å²) in [4.78, 5) is 10.6. The molecule has 21 heavy (non-hydrogen) atoms. The lowest BCUT2D eigenvalue weighted by atomic mass is 10.1. The minimum Gasteiger partial charge on any atom is -0.480 e. The van der Waals surface area contributed by atoms with Gasteiger partial charge in [-0.3, -0.25) is 4.79 Å². The maximum atomic E-state index is 12.3. The van der Waals surface area contributed by atoms with E-state index in [-0.39, 0.29) is 23.6 Å². The molecular formula is C12H13F4NO4. The van der Waals surface area contributed by atoms with Crippen LogP contribution in [0.2, 0.25) is 0 Å². The average molecular weight is 311 g/mol. The fourth-order valence-corrected chi connectivity index (χ4v) is 1.41. The van der Waals surface area contributed by atoms with Crippen LogP contribution in [0.4, 0.5) is 17.6 Å². The number of ether oxygens (including phenoxy) is 2. The van der Waals surface area contributed by atoms with Gasteiger partial charge in [0.1, 0.15) is 17.5 Å². The van der Waals surface area contributed by atoms with Crippen LogP contribution in [0.5, 0.6) is 11.5 Å². The molecule has 2 N–H and O–H groups in total. The van der Waals surface area contributed by atoms with Crippen molar-refractivity contribution >= 4 is 5.97 Å². The molecule has 0 aliphatic carbocycles. The molecule has 0 aliphatic rings. The van der Waals surface area contributed by atoms with Gasteiger partial charge in [0.15, 0.2) is 0 Å². The first kappa shape index (κ1) is 17.0. The number of halogens is 4. The van der Waals surface area contributed by atoms with Crippen LogP contribution in [-0.2, 0) is 11.3 Å². The molecule has 0 aromatic heterocycles. The molecule has 0 amide bonds. The standard InChI is InChI=1S/C12H13F4NO4/c1-6(10(18)19)17-5-7-2-3-8(20-11(13)14)4-9(7)21-12(15)16/h2-4,6,11-12,17H,5H2,1H3,(H,18,19). The summed E-state index contributed by atoms with van der Waals surface area (Å²) in [5, 5.41) is 11.3. The number of hydrogen-bond acceptors (Lipinski definition) is 4. The van der Waals surface area contributed by atoms with Crippen molar-refractivity contribution in [3.05, 3.63) is 23.8 Å². The van der Waals surface area contributed by atoms with Gasteiger partial charge in [-0.25, -0.2) is 0 Å². The van der Waals surface area contributed by atoms with E-state index in [0.29, 0.717) is 0 Å². The average Bonchev–Trinajstić information content (AvgIpc) is 2.35. The molecule has 1 unspecified atom stereocenters. The van der Waals surface area contributed by atoms with Gasteiger partial charge in [0, 0.05) is 18.2 Å².